The summed E-state index contributed by atoms with van der Waals surface area (Å²) in [5.41, 5.74) is 2.82. The largest absolute Gasteiger partial charge is 0.379 e. The highest BCUT2D eigenvalue weighted by molar-refractivity contribution is 7.16. The number of aromatic nitrogens is 3. The molecule has 0 aliphatic rings. The van der Waals surface area contributed by atoms with Crippen LogP contribution in [-0.2, 0) is 13.0 Å². The molecule has 0 saturated heterocycles. The van der Waals surface area contributed by atoms with E-state index in [0.29, 0.717) is 11.5 Å². The minimum absolute atomic E-state index is 0.128. The smallest absolute Gasteiger partial charge is 0.275 e. The fraction of sp³-hybridized carbons (Fsp3) is 0.267. The fourth-order valence-electron chi connectivity index (χ4n) is 2.08. The molecule has 0 aliphatic carbocycles. The summed E-state index contributed by atoms with van der Waals surface area (Å²) in [6.07, 6.45) is 0.810. The molecule has 0 aliphatic heterocycles. The first-order valence-electron chi connectivity index (χ1n) is 6.85. The van der Waals surface area contributed by atoms with E-state index in [9.17, 15) is 4.79 Å². The molecule has 6 heteroatoms. The van der Waals surface area contributed by atoms with Crippen LogP contribution >= 0.6 is 11.3 Å². The molecular weight excluding hydrogens is 284 g/mol. The van der Waals surface area contributed by atoms with Crippen molar-refractivity contribution in [3.63, 3.8) is 0 Å². The van der Waals surface area contributed by atoms with Crippen molar-refractivity contribution in [2.45, 2.75) is 26.8 Å². The van der Waals surface area contributed by atoms with Crippen LogP contribution in [0.3, 0.4) is 0 Å². The van der Waals surface area contributed by atoms with Crippen molar-refractivity contribution < 1.29 is 0 Å². The molecule has 0 radical (unpaired) electrons. The summed E-state index contributed by atoms with van der Waals surface area (Å²) in [4.78, 5) is 17.2. The van der Waals surface area contributed by atoms with Gasteiger partial charge in [-0.25, -0.2) is 4.98 Å². The number of rotatable bonds is 4. The van der Waals surface area contributed by atoms with Crippen molar-refractivity contribution in [1.29, 1.82) is 0 Å². The van der Waals surface area contributed by atoms with Gasteiger partial charge < -0.3 is 5.32 Å². The van der Waals surface area contributed by atoms with E-state index in [0.717, 1.165) is 22.8 Å². The second-order valence-corrected chi connectivity index (χ2v) is 5.89. The van der Waals surface area contributed by atoms with E-state index >= 15 is 0 Å². The maximum Gasteiger partial charge on any atom is 0.275 e. The normalized spacial score (nSPS) is 11.0. The van der Waals surface area contributed by atoms with E-state index in [4.69, 9.17) is 0 Å². The maximum atomic E-state index is 12.0. The van der Waals surface area contributed by atoms with Crippen molar-refractivity contribution in [2.75, 3.05) is 5.32 Å². The molecule has 0 amide bonds. The number of nitrogens with zero attached hydrogens (tertiary/aromatic N) is 3. The molecule has 0 atom stereocenters. The van der Waals surface area contributed by atoms with Crippen molar-refractivity contribution in [3.8, 4) is 0 Å². The highest BCUT2D eigenvalue weighted by Crippen LogP contribution is 2.13. The van der Waals surface area contributed by atoms with E-state index in [1.165, 1.54) is 27.5 Å². The number of hydrogen-bond donors (Lipinski definition) is 1. The average Bonchev–Trinajstić information content (AvgIpc) is 2.89. The van der Waals surface area contributed by atoms with Crippen LogP contribution in [0.15, 0.2) is 35.1 Å². The van der Waals surface area contributed by atoms with Crippen molar-refractivity contribution >= 4 is 22.0 Å². The molecule has 21 heavy (non-hydrogen) atoms. The quantitative estimate of drug-likeness (QED) is 0.804. The third-order valence-electron chi connectivity index (χ3n) is 3.13. The Morgan fingerprint density at radius 1 is 1.33 bits per heavy atom. The number of fused-ring (bicyclic) bond motifs is 1. The number of benzene rings is 1. The summed E-state index contributed by atoms with van der Waals surface area (Å²) in [6, 6.07) is 9.65. The minimum atomic E-state index is -0.128. The Balaban J connectivity index is 1.85. The monoisotopic (exact) mass is 300 g/mol. The first-order chi connectivity index (χ1) is 10.2. The Morgan fingerprint density at radius 3 is 2.95 bits per heavy atom. The molecule has 0 spiro atoms. The van der Waals surface area contributed by atoms with Gasteiger partial charge in [-0.1, -0.05) is 30.4 Å². The van der Waals surface area contributed by atoms with Crippen molar-refractivity contribution in [2.24, 2.45) is 0 Å². The Labute approximate surface area is 126 Å². The van der Waals surface area contributed by atoms with Gasteiger partial charge in [0.05, 0.1) is 12.2 Å². The zero-order chi connectivity index (χ0) is 14.8. The fourth-order valence-corrected chi connectivity index (χ4v) is 2.93. The van der Waals surface area contributed by atoms with E-state index in [1.807, 2.05) is 32.0 Å². The second kappa shape index (κ2) is 5.65. The summed E-state index contributed by atoms with van der Waals surface area (Å²) in [7, 11) is 0. The molecule has 0 saturated carbocycles. The number of anilines is 1. The maximum absolute atomic E-state index is 12.0. The van der Waals surface area contributed by atoms with E-state index in [-0.39, 0.29) is 5.56 Å². The predicted molar refractivity (Wildman–Crippen MR) is 85.0 cm³/mol. The number of nitrogens with one attached hydrogen (secondary N) is 1. The molecule has 3 aromatic rings. The SMILES string of the molecule is CCc1nn2c(=O)cc(CNc3cccc(C)c3)nc2s1. The third-order valence-corrected chi connectivity index (χ3v) is 4.19. The predicted octanol–water partition coefficient (Wildman–Crippen LogP) is 2.63. The topological polar surface area (TPSA) is 59.3 Å². The van der Waals surface area contributed by atoms with Gasteiger partial charge in [-0.2, -0.15) is 9.61 Å². The molecule has 2 aromatic heterocycles. The van der Waals surface area contributed by atoms with E-state index < -0.39 is 0 Å². The lowest BCUT2D eigenvalue weighted by molar-refractivity contribution is 0.846. The van der Waals surface area contributed by atoms with Crippen LogP contribution in [0.4, 0.5) is 5.69 Å². The lowest BCUT2D eigenvalue weighted by atomic mass is 10.2. The van der Waals surface area contributed by atoms with Gasteiger partial charge in [-0.15, -0.1) is 0 Å². The van der Waals surface area contributed by atoms with Crippen LogP contribution in [-0.4, -0.2) is 14.6 Å². The van der Waals surface area contributed by atoms with Crippen LogP contribution in [0, 0.1) is 6.92 Å². The lowest BCUT2D eigenvalue weighted by Gasteiger charge is -2.06. The number of aryl methyl sites for hydroxylation is 2. The molecule has 0 fully saturated rings. The summed E-state index contributed by atoms with van der Waals surface area (Å²) < 4.78 is 1.37. The highest BCUT2D eigenvalue weighted by Gasteiger charge is 2.07. The minimum Gasteiger partial charge on any atom is -0.379 e. The molecule has 0 unspecified atom stereocenters. The molecular formula is C15H16N4OS. The molecule has 1 aromatic carbocycles. The van der Waals surface area contributed by atoms with Crippen LogP contribution in [0.25, 0.3) is 4.96 Å². The summed E-state index contributed by atoms with van der Waals surface area (Å²) in [5, 5.41) is 8.45. The highest BCUT2D eigenvalue weighted by atomic mass is 32.1. The summed E-state index contributed by atoms with van der Waals surface area (Å²) in [6.45, 7) is 4.59. The Kier molecular flexibility index (Phi) is 3.70. The van der Waals surface area contributed by atoms with Crippen LogP contribution in [0.5, 0.6) is 0 Å². The summed E-state index contributed by atoms with van der Waals surface area (Å²) in [5.74, 6) is 0. The summed E-state index contributed by atoms with van der Waals surface area (Å²) >= 11 is 1.46. The molecule has 108 valence electrons. The van der Waals surface area contributed by atoms with E-state index in [2.05, 4.69) is 21.5 Å². The van der Waals surface area contributed by atoms with Gasteiger partial charge in [-0.3, -0.25) is 4.79 Å². The van der Waals surface area contributed by atoms with Gasteiger partial charge in [-0.05, 0) is 31.0 Å². The van der Waals surface area contributed by atoms with Gasteiger partial charge in [0.2, 0.25) is 4.96 Å². The van der Waals surface area contributed by atoms with Crippen LogP contribution in [0.1, 0.15) is 23.2 Å². The van der Waals surface area contributed by atoms with Gasteiger partial charge in [0, 0.05) is 11.8 Å². The lowest BCUT2D eigenvalue weighted by Crippen LogP contribution is -2.16. The van der Waals surface area contributed by atoms with Gasteiger partial charge in [0.1, 0.15) is 5.01 Å². The molecule has 3 rings (SSSR count). The molecule has 1 N–H and O–H groups in total. The van der Waals surface area contributed by atoms with Gasteiger partial charge in [0.25, 0.3) is 5.56 Å². The van der Waals surface area contributed by atoms with Crippen molar-refractivity contribution in [1.82, 2.24) is 14.6 Å². The molecule has 5 nitrogen and oxygen atoms in total. The average molecular weight is 300 g/mol. The zero-order valence-electron chi connectivity index (χ0n) is 12.0. The number of hydrogen-bond acceptors (Lipinski definition) is 5. The molecule has 0 bridgehead atoms. The van der Waals surface area contributed by atoms with Gasteiger partial charge >= 0.3 is 0 Å². The Bertz CT molecular complexity index is 837. The van der Waals surface area contributed by atoms with Gasteiger partial charge in [0.15, 0.2) is 0 Å². The standard InChI is InChI=1S/C15H16N4OS/c1-3-13-18-19-14(20)8-12(17-15(19)21-13)9-16-11-6-4-5-10(2)7-11/h4-8,16H,3,9H2,1-2H3. The van der Waals surface area contributed by atoms with Crippen LogP contribution < -0.4 is 10.9 Å². The Morgan fingerprint density at radius 2 is 2.19 bits per heavy atom. The van der Waals surface area contributed by atoms with Crippen molar-refractivity contribution in [3.05, 3.63) is 57.0 Å². The third kappa shape index (κ3) is 2.95. The first-order valence-corrected chi connectivity index (χ1v) is 7.66. The second-order valence-electron chi connectivity index (χ2n) is 4.85. The van der Waals surface area contributed by atoms with Crippen LogP contribution in [0.2, 0.25) is 0 Å². The zero-order valence-corrected chi connectivity index (χ0v) is 12.8. The molecule has 2 heterocycles. The van der Waals surface area contributed by atoms with E-state index in [1.54, 1.807) is 0 Å². The first kappa shape index (κ1) is 13.8. The Hall–Kier alpha value is -2.21.